The third-order valence-corrected chi connectivity index (χ3v) is 4.78. The average Bonchev–Trinajstić information content (AvgIpc) is 2.83. The van der Waals surface area contributed by atoms with E-state index in [1.54, 1.807) is 60.9 Å². The van der Waals surface area contributed by atoms with Crippen molar-refractivity contribution < 1.29 is 19.1 Å². The van der Waals surface area contributed by atoms with Crippen molar-refractivity contribution in [3.63, 3.8) is 0 Å². The zero-order valence-electron chi connectivity index (χ0n) is 17.2. The molecule has 0 spiro atoms. The molecule has 1 heterocycles. The SMILES string of the molecule is COc1ccccc1NC(=O)COc1ccc(/C=N\NC(=O)CSc2ncccn2)cc1. The number of thioether (sulfide) groups is 1. The quantitative estimate of drug-likeness (QED) is 0.211. The number of aromatic nitrogens is 2. The van der Waals surface area contributed by atoms with E-state index in [1.165, 1.54) is 25.1 Å². The molecule has 0 unspecified atom stereocenters. The van der Waals surface area contributed by atoms with E-state index in [2.05, 4.69) is 25.8 Å². The second-order valence-electron chi connectivity index (χ2n) is 6.22. The highest BCUT2D eigenvalue weighted by atomic mass is 32.2. The van der Waals surface area contributed by atoms with Crippen molar-refractivity contribution in [2.75, 3.05) is 24.8 Å². The van der Waals surface area contributed by atoms with Gasteiger partial charge in [0.25, 0.3) is 11.8 Å². The zero-order chi connectivity index (χ0) is 22.6. The topological polar surface area (TPSA) is 115 Å². The molecule has 0 aliphatic carbocycles. The molecule has 0 bridgehead atoms. The van der Waals surface area contributed by atoms with Gasteiger partial charge in [-0.05, 0) is 48.0 Å². The second kappa shape index (κ2) is 12.1. The van der Waals surface area contributed by atoms with Crippen LogP contribution in [0.1, 0.15) is 5.56 Å². The number of nitrogens with zero attached hydrogens (tertiary/aromatic N) is 3. The van der Waals surface area contributed by atoms with Crippen LogP contribution in [0.4, 0.5) is 5.69 Å². The van der Waals surface area contributed by atoms with Crippen molar-refractivity contribution in [1.82, 2.24) is 15.4 Å². The maximum Gasteiger partial charge on any atom is 0.262 e. The maximum atomic E-state index is 12.1. The van der Waals surface area contributed by atoms with Gasteiger partial charge in [-0.25, -0.2) is 15.4 Å². The lowest BCUT2D eigenvalue weighted by molar-refractivity contribution is -0.119. The Bertz CT molecular complexity index is 1060. The Morgan fingerprint density at radius 1 is 1.03 bits per heavy atom. The Morgan fingerprint density at radius 3 is 2.53 bits per heavy atom. The van der Waals surface area contributed by atoms with Crippen molar-refractivity contribution >= 4 is 35.5 Å². The fourth-order valence-electron chi connectivity index (χ4n) is 2.43. The van der Waals surface area contributed by atoms with E-state index in [4.69, 9.17) is 9.47 Å². The molecule has 3 rings (SSSR count). The summed E-state index contributed by atoms with van der Waals surface area (Å²) in [6, 6.07) is 15.8. The summed E-state index contributed by atoms with van der Waals surface area (Å²) < 4.78 is 10.7. The summed E-state index contributed by atoms with van der Waals surface area (Å²) in [6.07, 6.45) is 4.75. The Kier molecular flexibility index (Phi) is 8.58. The third-order valence-electron chi connectivity index (χ3n) is 3.91. The Morgan fingerprint density at radius 2 is 1.78 bits per heavy atom. The average molecular weight is 452 g/mol. The number of nitrogens with one attached hydrogen (secondary N) is 2. The van der Waals surface area contributed by atoms with Gasteiger partial charge in [0.2, 0.25) is 0 Å². The van der Waals surface area contributed by atoms with Crippen LogP contribution >= 0.6 is 11.8 Å². The van der Waals surface area contributed by atoms with Gasteiger partial charge in [-0.15, -0.1) is 0 Å². The van der Waals surface area contributed by atoms with Crippen LogP contribution in [0.15, 0.2) is 77.2 Å². The predicted molar refractivity (Wildman–Crippen MR) is 122 cm³/mol. The van der Waals surface area contributed by atoms with Crippen molar-refractivity contribution in [3.05, 3.63) is 72.6 Å². The first-order valence-corrected chi connectivity index (χ1v) is 10.5. The first-order valence-electron chi connectivity index (χ1n) is 9.51. The highest BCUT2D eigenvalue weighted by Gasteiger charge is 2.08. The summed E-state index contributed by atoms with van der Waals surface area (Å²) in [5, 5.41) is 7.19. The van der Waals surface area contributed by atoms with Crippen LogP contribution in [0.2, 0.25) is 0 Å². The molecule has 164 valence electrons. The van der Waals surface area contributed by atoms with Gasteiger partial charge in [0.1, 0.15) is 11.5 Å². The molecule has 0 aliphatic heterocycles. The number of hydrogen-bond acceptors (Lipinski definition) is 8. The number of benzene rings is 2. The van der Waals surface area contributed by atoms with Crippen LogP contribution in [-0.2, 0) is 9.59 Å². The number of anilines is 1. The molecule has 0 aliphatic rings. The van der Waals surface area contributed by atoms with Gasteiger partial charge in [0.05, 0.1) is 24.8 Å². The Labute approximate surface area is 189 Å². The largest absolute Gasteiger partial charge is 0.495 e. The van der Waals surface area contributed by atoms with E-state index < -0.39 is 0 Å². The van der Waals surface area contributed by atoms with Crippen LogP contribution in [0.5, 0.6) is 11.5 Å². The molecule has 0 fully saturated rings. The van der Waals surface area contributed by atoms with Gasteiger partial charge in [-0.1, -0.05) is 23.9 Å². The monoisotopic (exact) mass is 451 g/mol. The van der Waals surface area contributed by atoms with Gasteiger partial charge in [0, 0.05) is 12.4 Å². The predicted octanol–water partition coefficient (Wildman–Crippen LogP) is 2.75. The minimum Gasteiger partial charge on any atom is -0.495 e. The van der Waals surface area contributed by atoms with Crippen LogP contribution in [0.25, 0.3) is 0 Å². The van der Waals surface area contributed by atoms with Crippen LogP contribution < -0.4 is 20.2 Å². The van der Waals surface area contributed by atoms with Crippen LogP contribution in [0.3, 0.4) is 0 Å². The van der Waals surface area contributed by atoms with Gasteiger partial charge in [0.15, 0.2) is 11.8 Å². The minimum absolute atomic E-state index is 0.148. The van der Waals surface area contributed by atoms with Crippen molar-refractivity contribution in [2.45, 2.75) is 5.16 Å². The molecule has 0 saturated heterocycles. The smallest absolute Gasteiger partial charge is 0.262 e. The molecule has 2 aromatic carbocycles. The lowest BCUT2D eigenvalue weighted by Crippen LogP contribution is -2.20. The second-order valence-corrected chi connectivity index (χ2v) is 7.16. The molecular formula is C22H21N5O4S. The lowest BCUT2D eigenvalue weighted by Gasteiger charge is -2.10. The Balaban J connectivity index is 1.40. The first kappa shape index (κ1) is 22.8. The van der Waals surface area contributed by atoms with E-state index in [0.717, 1.165) is 5.56 Å². The molecule has 0 atom stereocenters. The van der Waals surface area contributed by atoms with E-state index >= 15 is 0 Å². The summed E-state index contributed by atoms with van der Waals surface area (Å²) in [7, 11) is 1.54. The summed E-state index contributed by atoms with van der Waals surface area (Å²) >= 11 is 1.22. The van der Waals surface area contributed by atoms with Crippen molar-refractivity contribution in [2.24, 2.45) is 5.10 Å². The Hall–Kier alpha value is -3.92. The number of hydrazone groups is 1. The molecule has 32 heavy (non-hydrogen) atoms. The summed E-state index contributed by atoms with van der Waals surface area (Å²) in [4.78, 5) is 32.0. The molecule has 2 amide bonds. The van der Waals surface area contributed by atoms with E-state index in [-0.39, 0.29) is 24.2 Å². The molecular weight excluding hydrogens is 430 g/mol. The molecule has 10 heteroatoms. The van der Waals surface area contributed by atoms with E-state index in [0.29, 0.717) is 22.3 Å². The van der Waals surface area contributed by atoms with Crippen molar-refractivity contribution in [3.8, 4) is 11.5 Å². The van der Waals surface area contributed by atoms with Gasteiger partial charge in [-0.2, -0.15) is 5.10 Å². The van der Waals surface area contributed by atoms with E-state index in [1.807, 2.05) is 6.07 Å². The number of ether oxygens (including phenoxy) is 2. The van der Waals surface area contributed by atoms with Gasteiger partial charge < -0.3 is 14.8 Å². The summed E-state index contributed by atoms with van der Waals surface area (Å²) in [5.41, 5.74) is 3.78. The minimum atomic E-state index is -0.304. The molecule has 2 N–H and O–H groups in total. The van der Waals surface area contributed by atoms with Crippen molar-refractivity contribution in [1.29, 1.82) is 0 Å². The number of amides is 2. The van der Waals surface area contributed by atoms with E-state index in [9.17, 15) is 9.59 Å². The van der Waals surface area contributed by atoms with Gasteiger partial charge >= 0.3 is 0 Å². The number of methoxy groups -OCH3 is 1. The molecule has 1 aromatic heterocycles. The third kappa shape index (κ3) is 7.40. The van der Waals surface area contributed by atoms with Crippen LogP contribution in [0, 0.1) is 0 Å². The lowest BCUT2D eigenvalue weighted by atomic mass is 10.2. The fraction of sp³-hybridized carbons (Fsp3) is 0.136. The number of hydrogen-bond donors (Lipinski definition) is 2. The number of para-hydroxylation sites is 2. The highest BCUT2D eigenvalue weighted by molar-refractivity contribution is 7.99. The molecule has 0 radical (unpaired) electrons. The number of rotatable bonds is 10. The molecule has 0 saturated carbocycles. The normalized spacial score (nSPS) is 10.5. The maximum absolute atomic E-state index is 12.1. The fourth-order valence-corrected chi connectivity index (χ4v) is 3.03. The molecule has 3 aromatic rings. The number of carbonyl (C=O) groups excluding carboxylic acids is 2. The molecule has 9 nitrogen and oxygen atoms in total. The summed E-state index contributed by atoms with van der Waals surface area (Å²) in [6.45, 7) is -0.148. The number of carbonyl (C=O) groups is 2. The zero-order valence-corrected chi connectivity index (χ0v) is 18.0. The van der Waals surface area contributed by atoms with Crippen LogP contribution in [-0.4, -0.2) is 47.5 Å². The highest BCUT2D eigenvalue weighted by Crippen LogP contribution is 2.22. The van der Waals surface area contributed by atoms with Gasteiger partial charge in [-0.3, -0.25) is 9.59 Å². The first-order chi connectivity index (χ1) is 15.6. The standard InChI is InChI=1S/C22H21N5O4S/c1-30-19-6-3-2-5-18(19)26-20(28)14-31-17-9-7-16(8-10-17)13-25-27-21(29)15-32-22-23-11-4-12-24-22/h2-13H,14-15H2,1H3,(H,26,28)(H,27,29)/b25-13-. The summed E-state index contributed by atoms with van der Waals surface area (Å²) in [5.74, 6) is 0.691.